The number of aromatic hydroxyl groups is 2. The zero-order chi connectivity index (χ0) is 50.2. The number of likely N-dealkylation sites (tertiary alicyclic amines) is 1. The zero-order valence-corrected chi connectivity index (χ0v) is 40.9. The van der Waals surface area contributed by atoms with Gasteiger partial charge in [0, 0.05) is 72.0 Å². The fraction of sp³-hybridized carbons (Fsp3) is 0.408. The predicted molar refractivity (Wildman–Crippen MR) is 261 cm³/mol. The van der Waals surface area contributed by atoms with Crippen molar-refractivity contribution in [3.63, 3.8) is 0 Å². The highest BCUT2D eigenvalue weighted by Crippen LogP contribution is 2.41. The van der Waals surface area contributed by atoms with Crippen molar-refractivity contribution in [2.75, 3.05) is 50.7 Å². The fourth-order valence-electron chi connectivity index (χ4n) is 9.26. The number of hydrogen-bond donors (Lipinski definition) is 4. The lowest BCUT2D eigenvalue weighted by Crippen LogP contribution is -2.47. The number of H-pyrrole nitrogens is 1. The number of hydrogen-bond acceptors (Lipinski definition) is 12. The molecule has 0 radical (unpaired) electrons. The molecule has 3 aromatic heterocycles. The van der Waals surface area contributed by atoms with Crippen LogP contribution < -0.4 is 10.6 Å². The smallest absolute Gasteiger partial charge is 0.490 e. The molecule has 0 unspecified atom stereocenters. The van der Waals surface area contributed by atoms with Crippen molar-refractivity contribution < 1.29 is 38.1 Å². The maximum absolute atomic E-state index is 14.0. The van der Waals surface area contributed by atoms with Crippen molar-refractivity contribution in [3.8, 4) is 33.6 Å². The number of fused-ring (bicyclic) bond motifs is 3. The van der Waals surface area contributed by atoms with Crippen molar-refractivity contribution in [3.05, 3.63) is 115 Å². The number of aliphatic carboxylic acids is 1. The average Bonchev–Trinajstić information content (AvgIpc) is 3.97. The molecule has 9 rings (SSSR count). The Labute approximate surface area is 410 Å². The standard InChI is InChI=1S/C47H53ClN10O4S.C2HF3O2/c1-27(2)36-24-37(40(60)26-39(36)59)44-51-53-47(62)58(44)35-12-10-34(11-13-35)55-22-20-54(21-23-55)17-14-31-15-18-56(19-16-31)41(61)25-38-45-52-50-30(5)57(45)46-42(28(3)29(4)63-46)43(49-38)32-6-8-33(48)9-7-32;3-2(4,5)1(6)7/h6-13,24,26-27,31,38,59-60H,14-23,25H2,1-5H3,(H,53,62);(H,6,7)/t38-;/m0./s1. The first kappa shape index (κ1) is 49.9. The van der Waals surface area contributed by atoms with Crippen molar-refractivity contribution in [1.82, 2.24) is 39.3 Å². The molecule has 3 aromatic carbocycles. The molecule has 0 bridgehead atoms. The lowest BCUT2D eigenvalue weighted by atomic mass is 9.93. The minimum absolute atomic E-state index is 0.00273. The minimum Gasteiger partial charge on any atom is -0.508 e. The number of piperazine rings is 1. The Morgan fingerprint density at radius 1 is 0.886 bits per heavy atom. The molecule has 6 aromatic rings. The van der Waals surface area contributed by atoms with Gasteiger partial charge in [0.25, 0.3) is 0 Å². The summed E-state index contributed by atoms with van der Waals surface area (Å²) >= 11 is 8.00. The van der Waals surface area contributed by atoms with E-state index >= 15 is 0 Å². The number of amides is 1. The molecule has 0 aliphatic carbocycles. The Hall–Kier alpha value is -6.51. The summed E-state index contributed by atoms with van der Waals surface area (Å²) in [7, 11) is 0. The van der Waals surface area contributed by atoms with Gasteiger partial charge in [-0.15, -0.1) is 21.5 Å². The van der Waals surface area contributed by atoms with Gasteiger partial charge in [-0.1, -0.05) is 37.6 Å². The highest BCUT2D eigenvalue weighted by molar-refractivity contribution is 7.15. The molecule has 6 heterocycles. The van der Waals surface area contributed by atoms with Crippen LogP contribution in [0.25, 0.3) is 22.1 Å². The van der Waals surface area contributed by atoms with E-state index in [0.717, 1.165) is 98.4 Å². The van der Waals surface area contributed by atoms with Crippen LogP contribution >= 0.6 is 22.9 Å². The van der Waals surface area contributed by atoms with Crippen LogP contribution in [0.5, 0.6) is 11.5 Å². The van der Waals surface area contributed by atoms with Crippen molar-refractivity contribution in [2.45, 2.75) is 78.4 Å². The number of nitrogens with one attached hydrogen (secondary N) is 1. The number of carboxylic acid groups (broad SMARTS) is 1. The summed E-state index contributed by atoms with van der Waals surface area (Å²) in [5.41, 5.74) is 6.36. The number of alkyl halides is 3. The Morgan fingerprint density at radius 2 is 1.53 bits per heavy atom. The molecule has 370 valence electrons. The maximum atomic E-state index is 14.0. The van der Waals surface area contributed by atoms with Crippen LogP contribution in [-0.2, 0) is 9.59 Å². The number of aliphatic imine (C=N–C) groups is 1. The lowest BCUT2D eigenvalue weighted by Gasteiger charge is -2.38. The molecule has 4 N–H and O–H groups in total. The van der Waals surface area contributed by atoms with E-state index < -0.39 is 23.9 Å². The second-order valence-electron chi connectivity index (χ2n) is 18.1. The van der Waals surface area contributed by atoms with E-state index in [1.807, 2.05) is 74.2 Å². The van der Waals surface area contributed by atoms with Crippen LogP contribution in [0.4, 0.5) is 18.9 Å². The number of halogens is 4. The Balaban J connectivity index is 0.000000876. The molecule has 0 saturated carbocycles. The highest BCUT2D eigenvalue weighted by Gasteiger charge is 2.38. The molecular weight excluding hydrogens is 949 g/mol. The SMILES string of the molecule is Cc1sc2c(c1C)C(c1ccc(Cl)cc1)=N[C@@H](CC(=O)N1CCC(CCN3CCN(c4ccc(-n5c(-c6cc(C(C)C)c(O)cc6O)n[nH]c5=O)cc4)CC3)CC1)c1nnc(C)n1-2.O=C(O)C(F)(F)F. The second-order valence-corrected chi connectivity index (χ2v) is 19.8. The summed E-state index contributed by atoms with van der Waals surface area (Å²) in [6.45, 7) is 16.3. The number of aromatic amines is 1. The number of benzene rings is 3. The van der Waals surface area contributed by atoms with Gasteiger partial charge >= 0.3 is 17.8 Å². The normalized spacial score (nSPS) is 16.6. The van der Waals surface area contributed by atoms with E-state index in [-0.39, 0.29) is 35.6 Å². The molecule has 21 heteroatoms. The van der Waals surface area contributed by atoms with E-state index in [0.29, 0.717) is 33.6 Å². The molecule has 0 spiro atoms. The Morgan fingerprint density at radius 3 is 2.16 bits per heavy atom. The van der Waals surface area contributed by atoms with Gasteiger partial charge in [0.1, 0.15) is 28.4 Å². The quantitative estimate of drug-likeness (QED) is 0.103. The number of carbonyl (C=O) groups excluding carboxylic acids is 1. The molecule has 3 aliphatic heterocycles. The Bertz CT molecular complexity index is 2970. The number of piperidine rings is 1. The number of phenolic OH excluding ortho intramolecular Hbond substituents is 2. The summed E-state index contributed by atoms with van der Waals surface area (Å²) < 4.78 is 35.3. The molecule has 2 fully saturated rings. The summed E-state index contributed by atoms with van der Waals surface area (Å²) in [6, 6.07) is 18.1. The first-order chi connectivity index (χ1) is 33.3. The molecule has 3 aliphatic rings. The van der Waals surface area contributed by atoms with Crippen molar-refractivity contribution >= 4 is 46.2 Å². The molecule has 2 saturated heterocycles. The first-order valence-corrected chi connectivity index (χ1v) is 24.2. The van der Waals surface area contributed by atoms with Crippen LogP contribution in [0, 0.1) is 26.7 Å². The number of thiophene rings is 1. The fourth-order valence-corrected chi connectivity index (χ4v) is 10.6. The van der Waals surface area contributed by atoms with Crippen molar-refractivity contribution in [2.24, 2.45) is 10.9 Å². The summed E-state index contributed by atoms with van der Waals surface area (Å²) in [5.74, 6) is -0.476. The first-order valence-electron chi connectivity index (χ1n) is 23.0. The number of anilines is 1. The number of aryl methyl sites for hydroxylation is 2. The van der Waals surface area contributed by atoms with E-state index in [9.17, 15) is 33.0 Å². The number of nitrogens with zero attached hydrogens (tertiary/aromatic N) is 9. The predicted octanol–water partition coefficient (Wildman–Crippen LogP) is 8.35. The van der Waals surface area contributed by atoms with Gasteiger partial charge in [0.05, 0.1) is 23.4 Å². The van der Waals surface area contributed by atoms with E-state index in [4.69, 9.17) is 26.5 Å². The monoisotopic (exact) mass is 1000 g/mol. The van der Waals surface area contributed by atoms with Gasteiger partial charge in [-0.3, -0.25) is 19.3 Å². The van der Waals surface area contributed by atoms with Crippen LogP contribution in [0.15, 0.2) is 70.5 Å². The van der Waals surface area contributed by atoms with Crippen LogP contribution in [0.2, 0.25) is 5.02 Å². The van der Waals surface area contributed by atoms with E-state index in [1.54, 1.807) is 17.4 Å². The van der Waals surface area contributed by atoms with Crippen LogP contribution in [-0.4, -0.2) is 124 Å². The molecule has 70 heavy (non-hydrogen) atoms. The summed E-state index contributed by atoms with van der Waals surface area (Å²) in [5, 5.41) is 45.7. The highest BCUT2D eigenvalue weighted by atomic mass is 35.5. The third kappa shape index (κ3) is 10.5. The molecular formula is C49H54ClF3N10O6S. The zero-order valence-electron chi connectivity index (χ0n) is 39.3. The molecule has 16 nitrogen and oxygen atoms in total. The average molecular weight is 1000 g/mol. The van der Waals surface area contributed by atoms with Gasteiger partial charge in [-0.25, -0.2) is 19.3 Å². The van der Waals surface area contributed by atoms with E-state index in [2.05, 4.69) is 48.6 Å². The minimum atomic E-state index is -5.08. The van der Waals surface area contributed by atoms with Crippen molar-refractivity contribution in [1.29, 1.82) is 0 Å². The number of rotatable bonds is 10. The number of phenols is 2. The van der Waals surface area contributed by atoms with Gasteiger partial charge in [0.2, 0.25) is 5.91 Å². The summed E-state index contributed by atoms with van der Waals surface area (Å²) in [6.07, 6.45) is -1.78. The molecule has 1 amide bonds. The van der Waals surface area contributed by atoms with Crippen LogP contribution in [0.3, 0.4) is 0 Å². The number of aromatic nitrogens is 6. The topological polar surface area (TPSA) is 198 Å². The number of carboxylic acids is 1. The van der Waals surface area contributed by atoms with Gasteiger partial charge in [-0.05, 0) is 112 Å². The maximum Gasteiger partial charge on any atom is 0.490 e. The second kappa shape index (κ2) is 20.4. The third-order valence-corrected chi connectivity index (χ3v) is 14.8. The lowest BCUT2D eigenvalue weighted by molar-refractivity contribution is -0.192. The van der Waals surface area contributed by atoms with Gasteiger partial charge in [-0.2, -0.15) is 18.3 Å². The largest absolute Gasteiger partial charge is 0.508 e. The summed E-state index contributed by atoms with van der Waals surface area (Å²) in [4.78, 5) is 49.3. The third-order valence-electron chi connectivity index (χ3n) is 13.3. The molecule has 1 atom stereocenters. The van der Waals surface area contributed by atoms with E-state index in [1.165, 1.54) is 21.1 Å². The van der Waals surface area contributed by atoms with Crippen LogP contribution in [0.1, 0.15) is 90.3 Å². The van der Waals surface area contributed by atoms with Gasteiger partial charge in [0.15, 0.2) is 11.6 Å². The number of carbonyl (C=O) groups is 2. The Kier molecular flexibility index (Phi) is 14.6. The van der Waals surface area contributed by atoms with Gasteiger partial charge < -0.3 is 25.1 Å².